The van der Waals surface area contributed by atoms with E-state index in [0.717, 1.165) is 16.7 Å². The van der Waals surface area contributed by atoms with Crippen LogP contribution in [-0.2, 0) is 16.6 Å². The van der Waals surface area contributed by atoms with Crippen LogP contribution >= 0.6 is 0 Å². The highest BCUT2D eigenvalue weighted by atomic mass is 32.2. The number of rotatable bonds is 3. The highest BCUT2D eigenvalue weighted by Gasteiger charge is 2.21. The lowest BCUT2D eigenvalue weighted by Crippen LogP contribution is -2.14. The molecule has 0 bridgehead atoms. The molecule has 0 unspecified atom stereocenters. The highest BCUT2D eigenvalue weighted by Crippen LogP contribution is 2.21. The molecular formula is C14H19N3O2S. The summed E-state index contributed by atoms with van der Waals surface area (Å²) in [6.07, 6.45) is 0. The van der Waals surface area contributed by atoms with Crippen LogP contribution in [0.4, 0.5) is 0 Å². The van der Waals surface area contributed by atoms with Crippen LogP contribution < -0.4 is 5.14 Å². The maximum absolute atomic E-state index is 11.6. The number of aryl methyl sites for hydroxylation is 3. The van der Waals surface area contributed by atoms with Gasteiger partial charge in [-0.05, 0) is 44.4 Å². The first-order valence-corrected chi connectivity index (χ1v) is 7.88. The maximum atomic E-state index is 11.6. The van der Waals surface area contributed by atoms with Crippen molar-refractivity contribution in [3.05, 3.63) is 46.3 Å². The summed E-state index contributed by atoms with van der Waals surface area (Å²) in [7, 11) is -3.74. The van der Waals surface area contributed by atoms with Gasteiger partial charge in [-0.15, -0.1) is 0 Å². The van der Waals surface area contributed by atoms with E-state index in [1.54, 1.807) is 18.5 Å². The van der Waals surface area contributed by atoms with Gasteiger partial charge in [0.15, 0.2) is 0 Å². The van der Waals surface area contributed by atoms with Crippen molar-refractivity contribution in [1.29, 1.82) is 0 Å². The van der Waals surface area contributed by atoms with E-state index in [-0.39, 0.29) is 4.90 Å². The monoisotopic (exact) mass is 293 g/mol. The molecular weight excluding hydrogens is 274 g/mol. The highest BCUT2D eigenvalue weighted by molar-refractivity contribution is 7.89. The Morgan fingerprint density at radius 3 is 2.15 bits per heavy atom. The van der Waals surface area contributed by atoms with Gasteiger partial charge >= 0.3 is 0 Å². The minimum Gasteiger partial charge on any atom is -0.264 e. The molecule has 2 aromatic rings. The van der Waals surface area contributed by atoms with Gasteiger partial charge in [0.05, 0.1) is 17.9 Å². The molecule has 5 nitrogen and oxygen atoms in total. The minimum absolute atomic E-state index is 0.128. The number of aromatic nitrogens is 2. The third-order valence-corrected chi connectivity index (χ3v) is 4.71. The van der Waals surface area contributed by atoms with Gasteiger partial charge in [0, 0.05) is 0 Å². The van der Waals surface area contributed by atoms with Gasteiger partial charge in [0.2, 0.25) is 10.0 Å². The van der Waals surface area contributed by atoms with Crippen molar-refractivity contribution in [1.82, 2.24) is 9.78 Å². The SMILES string of the molecule is Cc1cccc(C)c1Cn1nc(C)c(S(N)(=O)=O)c1C. The quantitative estimate of drug-likeness (QED) is 0.937. The maximum Gasteiger partial charge on any atom is 0.241 e. The zero-order valence-electron chi connectivity index (χ0n) is 12.1. The molecule has 1 heterocycles. The molecule has 108 valence electrons. The van der Waals surface area contributed by atoms with Crippen molar-refractivity contribution >= 4 is 10.0 Å². The van der Waals surface area contributed by atoms with E-state index in [0.29, 0.717) is 17.9 Å². The van der Waals surface area contributed by atoms with Crippen LogP contribution in [0.2, 0.25) is 0 Å². The average Bonchev–Trinajstić information content (AvgIpc) is 2.58. The minimum atomic E-state index is -3.74. The summed E-state index contributed by atoms with van der Waals surface area (Å²) in [6, 6.07) is 6.08. The Labute approximate surface area is 119 Å². The van der Waals surface area contributed by atoms with Crippen molar-refractivity contribution in [2.75, 3.05) is 0 Å². The second-order valence-electron chi connectivity index (χ2n) is 5.07. The fourth-order valence-electron chi connectivity index (χ4n) is 2.49. The molecule has 0 radical (unpaired) electrons. The number of hydrogen-bond acceptors (Lipinski definition) is 3. The van der Waals surface area contributed by atoms with E-state index in [2.05, 4.69) is 5.10 Å². The molecule has 2 rings (SSSR count). The summed E-state index contributed by atoms with van der Waals surface area (Å²) in [5.74, 6) is 0. The molecule has 6 heteroatoms. The van der Waals surface area contributed by atoms with Gasteiger partial charge in [0.1, 0.15) is 4.90 Å². The Morgan fingerprint density at radius 1 is 1.15 bits per heavy atom. The van der Waals surface area contributed by atoms with Crippen LogP contribution in [0.15, 0.2) is 23.1 Å². The zero-order valence-corrected chi connectivity index (χ0v) is 13.0. The van der Waals surface area contributed by atoms with Crippen LogP contribution in [0.3, 0.4) is 0 Å². The van der Waals surface area contributed by atoms with Crippen LogP contribution in [0.5, 0.6) is 0 Å². The van der Waals surface area contributed by atoms with Gasteiger partial charge in [-0.1, -0.05) is 18.2 Å². The van der Waals surface area contributed by atoms with Crippen LogP contribution in [0.25, 0.3) is 0 Å². The predicted molar refractivity (Wildman–Crippen MR) is 78.1 cm³/mol. The van der Waals surface area contributed by atoms with Gasteiger partial charge in [-0.2, -0.15) is 5.10 Å². The molecule has 2 N–H and O–H groups in total. The lowest BCUT2D eigenvalue weighted by molar-refractivity contribution is 0.595. The van der Waals surface area contributed by atoms with Crippen molar-refractivity contribution in [2.45, 2.75) is 39.1 Å². The van der Waals surface area contributed by atoms with E-state index < -0.39 is 10.0 Å². The summed E-state index contributed by atoms with van der Waals surface area (Å²) in [6.45, 7) is 8.01. The summed E-state index contributed by atoms with van der Waals surface area (Å²) in [5.41, 5.74) is 4.49. The first kappa shape index (κ1) is 14.7. The third kappa shape index (κ3) is 2.62. The van der Waals surface area contributed by atoms with E-state index in [4.69, 9.17) is 5.14 Å². The molecule has 0 saturated carbocycles. The Morgan fingerprint density at radius 2 is 1.70 bits per heavy atom. The Kier molecular flexibility index (Phi) is 3.71. The predicted octanol–water partition coefficient (Wildman–Crippen LogP) is 1.81. The molecule has 0 aliphatic heterocycles. The van der Waals surface area contributed by atoms with Crippen molar-refractivity contribution in [3.8, 4) is 0 Å². The smallest absolute Gasteiger partial charge is 0.241 e. The third-order valence-electron chi connectivity index (χ3n) is 3.55. The molecule has 0 spiro atoms. The molecule has 0 amide bonds. The summed E-state index contributed by atoms with van der Waals surface area (Å²) in [5, 5.41) is 9.56. The van der Waals surface area contributed by atoms with Gasteiger partial charge < -0.3 is 0 Å². The fraction of sp³-hybridized carbons (Fsp3) is 0.357. The fourth-order valence-corrected chi connectivity index (χ4v) is 3.46. The Balaban J connectivity index is 2.52. The van der Waals surface area contributed by atoms with E-state index in [1.165, 1.54) is 0 Å². The van der Waals surface area contributed by atoms with Gasteiger partial charge in [0.25, 0.3) is 0 Å². The molecule has 0 fully saturated rings. The zero-order chi connectivity index (χ0) is 15.1. The van der Waals surface area contributed by atoms with Crippen molar-refractivity contribution in [3.63, 3.8) is 0 Å². The lowest BCUT2D eigenvalue weighted by Gasteiger charge is -2.11. The number of primary sulfonamides is 1. The van der Waals surface area contributed by atoms with Crippen LogP contribution in [0, 0.1) is 27.7 Å². The summed E-state index contributed by atoms with van der Waals surface area (Å²) >= 11 is 0. The Hall–Kier alpha value is -1.66. The molecule has 0 aliphatic rings. The number of hydrogen-bond donors (Lipinski definition) is 1. The first-order valence-electron chi connectivity index (χ1n) is 6.33. The van der Waals surface area contributed by atoms with E-state index in [1.807, 2.05) is 32.0 Å². The molecule has 20 heavy (non-hydrogen) atoms. The normalized spacial score (nSPS) is 11.8. The standard InChI is InChI=1S/C14H19N3O2S/c1-9-6-5-7-10(2)13(9)8-17-12(4)14(11(3)16-17)20(15,18)19/h5-7H,8H2,1-4H3,(H2,15,18,19). The van der Waals surface area contributed by atoms with E-state index >= 15 is 0 Å². The number of benzene rings is 1. The average molecular weight is 293 g/mol. The number of sulfonamides is 1. The first-order chi connectivity index (χ1) is 9.21. The Bertz CT molecular complexity index is 741. The molecule has 1 aromatic carbocycles. The topological polar surface area (TPSA) is 78.0 Å². The summed E-state index contributed by atoms with van der Waals surface area (Å²) in [4.78, 5) is 0.128. The molecule has 0 saturated heterocycles. The van der Waals surface area contributed by atoms with Crippen LogP contribution in [0.1, 0.15) is 28.1 Å². The summed E-state index contributed by atoms with van der Waals surface area (Å²) < 4.78 is 24.9. The second kappa shape index (κ2) is 5.03. The lowest BCUT2D eigenvalue weighted by atomic mass is 10.0. The molecule has 0 aliphatic carbocycles. The second-order valence-corrected chi connectivity index (χ2v) is 6.57. The van der Waals surface area contributed by atoms with Crippen LogP contribution in [-0.4, -0.2) is 18.2 Å². The van der Waals surface area contributed by atoms with Crippen molar-refractivity contribution in [2.24, 2.45) is 5.14 Å². The number of nitrogens with zero attached hydrogens (tertiary/aromatic N) is 2. The largest absolute Gasteiger partial charge is 0.264 e. The van der Waals surface area contributed by atoms with Gasteiger partial charge in [-0.25, -0.2) is 13.6 Å². The van der Waals surface area contributed by atoms with Gasteiger partial charge in [-0.3, -0.25) is 4.68 Å². The number of nitrogens with two attached hydrogens (primary N) is 1. The van der Waals surface area contributed by atoms with E-state index in [9.17, 15) is 8.42 Å². The molecule has 1 aromatic heterocycles. The molecule has 0 atom stereocenters. The van der Waals surface area contributed by atoms with Crippen molar-refractivity contribution < 1.29 is 8.42 Å².